The van der Waals surface area contributed by atoms with E-state index in [2.05, 4.69) is 14.8 Å². The summed E-state index contributed by atoms with van der Waals surface area (Å²) in [5.74, 6) is -0.0106. The van der Waals surface area contributed by atoms with Crippen molar-refractivity contribution in [2.45, 2.75) is 5.16 Å². The lowest BCUT2D eigenvalue weighted by molar-refractivity contribution is 0.483. The van der Waals surface area contributed by atoms with Crippen molar-refractivity contribution in [1.82, 2.24) is 18.5 Å². The van der Waals surface area contributed by atoms with E-state index in [1.165, 1.54) is 38.4 Å². The number of nitrogens with one attached hydrogen (secondary N) is 1. The summed E-state index contributed by atoms with van der Waals surface area (Å²) in [5.41, 5.74) is -0.0718. The largest absolute Gasteiger partial charge is 0.451 e. The summed E-state index contributed by atoms with van der Waals surface area (Å²) in [4.78, 5) is 3.54. The Bertz CT molecular complexity index is 1400. The first-order chi connectivity index (χ1) is 15.2. The van der Waals surface area contributed by atoms with Gasteiger partial charge in [0.25, 0.3) is 15.2 Å². The minimum Gasteiger partial charge on any atom is -0.451 e. The average molecular weight is 596 g/mol. The maximum atomic E-state index is 12.6. The maximum absolute atomic E-state index is 12.6. The van der Waals surface area contributed by atoms with E-state index in [-0.39, 0.29) is 42.3 Å². The predicted molar refractivity (Wildman–Crippen MR) is 127 cm³/mol. The molecule has 0 aliphatic rings. The zero-order chi connectivity index (χ0) is 24.7. The summed E-state index contributed by atoms with van der Waals surface area (Å²) in [6.07, 6.45) is 0.750. The van der Waals surface area contributed by atoms with Gasteiger partial charge in [0, 0.05) is 19.1 Å². The highest BCUT2D eigenvalue weighted by molar-refractivity contribution is 7.92. The SMILES string of the molecule is CN(C)S(=O)(=O)n1cnc(S(=O)(=O)Nc2cc(Cl)c(Oc3c(Cl)cc(Cl)cc3Cl)c(Cl)c2)n1. The van der Waals surface area contributed by atoms with Gasteiger partial charge in [0.2, 0.25) is 0 Å². The minimum atomic E-state index is -4.39. The van der Waals surface area contributed by atoms with Crippen LogP contribution in [0.3, 0.4) is 0 Å². The van der Waals surface area contributed by atoms with E-state index in [4.69, 9.17) is 62.7 Å². The standard InChI is InChI=1S/C16H12Cl5N5O5S2/c1-25(2)33(29,30)26-7-22-16(23-26)32(27,28)24-9-5-12(20)15(13(21)6-9)31-14-10(18)3-8(17)4-11(14)19/h3-7,24H,1-2H3. The number of anilines is 1. The van der Waals surface area contributed by atoms with Gasteiger partial charge < -0.3 is 4.74 Å². The van der Waals surface area contributed by atoms with E-state index in [0.717, 1.165) is 10.6 Å². The molecular formula is C16H12Cl5N5O5S2. The zero-order valence-electron chi connectivity index (χ0n) is 16.4. The molecule has 0 bridgehead atoms. The highest BCUT2D eigenvalue weighted by atomic mass is 35.5. The summed E-state index contributed by atoms with van der Waals surface area (Å²) < 4.78 is 58.4. The first-order valence-corrected chi connectivity index (χ1v) is 13.2. The zero-order valence-corrected chi connectivity index (χ0v) is 21.8. The molecule has 0 aliphatic carbocycles. The van der Waals surface area contributed by atoms with Crippen LogP contribution in [0.2, 0.25) is 25.1 Å². The van der Waals surface area contributed by atoms with Gasteiger partial charge in [0.1, 0.15) is 6.33 Å². The Morgan fingerprint density at radius 1 is 0.879 bits per heavy atom. The van der Waals surface area contributed by atoms with Crippen LogP contribution >= 0.6 is 58.0 Å². The van der Waals surface area contributed by atoms with Crippen LogP contribution in [0.4, 0.5) is 5.69 Å². The number of hydrogen-bond donors (Lipinski definition) is 1. The van der Waals surface area contributed by atoms with Crippen LogP contribution in [0.5, 0.6) is 11.5 Å². The van der Waals surface area contributed by atoms with Gasteiger partial charge in [0.05, 0.1) is 25.8 Å². The van der Waals surface area contributed by atoms with Crippen molar-refractivity contribution in [1.29, 1.82) is 0 Å². The lowest BCUT2D eigenvalue weighted by atomic mass is 10.3. The fourth-order valence-corrected chi connectivity index (χ4v) is 5.37. The topological polar surface area (TPSA) is 123 Å². The molecule has 3 rings (SSSR count). The molecule has 0 atom stereocenters. The van der Waals surface area contributed by atoms with E-state index < -0.39 is 25.4 Å². The number of benzene rings is 2. The molecule has 0 saturated heterocycles. The second kappa shape index (κ2) is 9.62. The van der Waals surface area contributed by atoms with Crippen LogP contribution in [0.1, 0.15) is 0 Å². The number of hydrogen-bond acceptors (Lipinski definition) is 7. The molecule has 0 radical (unpaired) electrons. The molecule has 10 nitrogen and oxygen atoms in total. The molecule has 178 valence electrons. The van der Waals surface area contributed by atoms with E-state index in [0.29, 0.717) is 4.09 Å². The number of sulfonamides is 1. The van der Waals surface area contributed by atoms with Gasteiger partial charge in [-0.15, -0.1) is 9.19 Å². The monoisotopic (exact) mass is 593 g/mol. The van der Waals surface area contributed by atoms with Gasteiger partial charge in [-0.25, -0.2) is 4.98 Å². The summed E-state index contributed by atoms with van der Waals surface area (Å²) in [5, 5.41) is 3.02. The van der Waals surface area contributed by atoms with E-state index in [1.54, 1.807) is 0 Å². The number of ether oxygens (including phenoxy) is 1. The Morgan fingerprint density at radius 2 is 1.36 bits per heavy atom. The number of rotatable bonds is 7. The third-order valence-corrected chi connectivity index (χ3v) is 7.89. The third-order valence-electron chi connectivity index (χ3n) is 3.81. The summed E-state index contributed by atoms with van der Waals surface area (Å²) in [6.45, 7) is 0. The second-order valence-electron chi connectivity index (χ2n) is 6.37. The van der Waals surface area contributed by atoms with Crippen molar-refractivity contribution >= 4 is 83.9 Å². The molecule has 1 N–H and O–H groups in total. The van der Waals surface area contributed by atoms with Crippen LogP contribution in [0.15, 0.2) is 35.7 Å². The van der Waals surface area contributed by atoms with Crippen molar-refractivity contribution in [3.05, 3.63) is 55.7 Å². The lowest BCUT2D eigenvalue weighted by Gasteiger charge is -2.14. The van der Waals surface area contributed by atoms with Gasteiger partial charge >= 0.3 is 10.2 Å². The van der Waals surface area contributed by atoms with Gasteiger partial charge in [-0.3, -0.25) is 4.72 Å². The quantitative estimate of drug-likeness (QED) is 0.417. The predicted octanol–water partition coefficient (Wildman–Crippen LogP) is 4.79. The Hall–Kier alpha value is -1.51. The van der Waals surface area contributed by atoms with Crippen molar-refractivity contribution in [3.8, 4) is 11.5 Å². The van der Waals surface area contributed by atoms with Crippen molar-refractivity contribution in [2.24, 2.45) is 0 Å². The Labute approximate surface area is 214 Å². The summed E-state index contributed by atoms with van der Waals surface area (Å²) in [6, 6.07) is 5.20. The summed E-state index contributed by atoms with van der Waals surface area (Å²) in [7, 11) is -5.94. The molecule has 17 heteroatoms. The Morgan fingerprint density at radius 3 is 1.85 bits per heavy atom. The molecule has 0 amide bonds. The van der Waals surface area contributed by atoms with Crippen LogP contribution < -0.4 is 9.46 Å². The van der Waals surface area contributed by atoms with Gasteiger partial charge in [-0.05, 0) is 24.3 Å². The minimum absolute atomic E-state index is 0.0386. The fourth-order valence-electron chi connectivity index (χ4n) is 2.28. The first-order valence-electron chi connectivity index (χ1n) is 8.41. The second-order valence-corrected chi connectivity index (χ2v) is 12.0. The fraction of sp³-hybridized carbons (Fsp3) is 0.125. The first kappa shape index (κ1) is 26.1. The van der Waals surface area contributed by atoms with Crippen LogP contribution in [0, 0.1) is 0 Å². The smallest absolute Gasteiger partial charge is 0.323 e. The van der Waals surface area contributed by atoms with Crippen molar-refractivity contribution in [2.75, 3.05) is 18.8 Å². The van der Waals surface area contributed by atoms with Crippen molar-refractivity contribution in [3.63, 3.8) is 0 Å². The Balaban J connectivity index is 1.90. The average Bonchev–Trinajstić information content (AvgIpc) is 3.17. The number of nitrogens with zero attached hydrogens (tertiary/aromatic N) is 4. The highest BCUT2D eigenvalue weighted by Crippen LogP contribution is 2.44. The van der Waals surface area contributed by atoms with Crippen molar-refractivity contribution < 1.29 is 21.6 Å². The van der Waals surface area contributed by atoms with Crippen LogP contribution in [0.25, 0.3) is 0 Å². The van der Waals surface area contributed by atoms with E-state index >= 15 is 0 Å². The van der Waals surface area contributed by atoms with E-state index in [9.17, 15) is 16.8 Å². The summed E-state index contributed by atoms with van der Waals surface area (Å²) >= 11 is 30.5. The molecule has 1 aromatic heterocycles. The van der Waals surface area contributed by atoms with E-state index in [1.807, 2.05) is 0 Å². The maximum Gasteiger partial charge on any atom is 0.323 e. The Kier molecular flexibility index (Phi) is 7.61. The molecule has 33 heavy (non-hydrogen) atoms. The number of aromatic nitrogens is 3. The third kappa shape index (κ3) is 5.60. The van der Waals surface area contributed by atoms with Gasteiger partial charge in [-0.2, -0.15) is 21.1 Å². The molecule has 0 aliphatic heterocycles. The molecule has 2 aromatic carbocycles. The van der Waals surface area contributed by atoms with Gasteiger partial charge in [-0.1, -0.05) is 58.0 Å². The molecule has 3 aromatic rings. The molecular weight excluding hydrogens is 584 g/mol. The molecule has 0 spiro atoms. The number of halogens is 5. The lowest BCUT2D eigenvalue weighted by Crippen LogP contribution is -2.29. The van der Waals surface area contributed by atoms with Crippen LogP contribution in [-0.4, -0.2) is 49.4 Å². The molecule has 0 fully saturated rings. The molecule has 0 unspecified atom stereocenters. The normalized spacial score (nSPS) is 12.2. The highest BCUT2D eigenvalue weighted by Gasteiger charge is 2.26. The van der Waals surface area contributed by atoms with Crippen LogP contribution in [-0.2, 0) is 20.2 Å². The molecule has 0 saturated carbocycles. The molecule has 1 heterocycles. The van der Waals surface area contributed by atoms with Gasteiger partial charge in [0.15, 0.2) is 11.5 Å².